The zero-order chi connectivity index (χ0) is 17.6. The predicted octanol–water partition coefficient (Wildman–Crippen LogP) is 2.66. The third kappa shape index (κ3) is 2.36. The number of fused-ring (bicyclic) bond motifs is 2. The maximum absolute atomic E-state index is 12.3. The number of methoxy groups -OCH3 is 2. The van der Waals surface area contributed by atoms with Gasteiger partial charge in [0.05, 0.1) is 19.8 Å². The Labute approximate surface area is 143 Å². The van der Waals surface area contributed by atoms with E-state index in [0.717, 1.165) is 11.3 Å². The van der Waals surface area contributed by atoms with Gasteiger partial charge in [-0.15, -0.1) is 0 Å². The molecule has 0 amide bonds. The second-order valence-electron chi connectivity index (χ2n) is 5.64. The van der Waals surface area contributed by atoms with Crippen LogP contribution in [-0.4, -0.2) is 26.2 Å². The van der Waals surface area contributed by atoms with Gasteiger partial charge in [-0.2, -0.15) is 0 Å². The van der Waals surface area contributed by atoms with Gasteiger partial charge in [0.15, 0.2) is 11.5 Å². The van der Waals surface area contributed by atoms with E-state index < -0.39 is 12.2 Å². The lowest BCUT2D eigenvalue weighted by Crippen LogP contribution is -2.10. The van der Waals surface area contributed by atoms with Crippen LogP contribution in [0.5, 0.6) is 11.5 Å². The van der Waals surface area contributed by atoms with Crippen molar-refractivity contribution in [3.8, 4) is 11.5 Å². The molecule has 0 spiro atoms. The molecule has 0 bridgehead atoms. The number of anilines is 1. The molecule has 0 aromatic heterocycles. The van der Waals surface area contributed by atoms with Gasteiger partial charge in [0, 0.05) is 16.8 Å². The van der Waals surface area contributed by atoms with Crippen molar-refractivity contribution in [1.29, 1.82) is 0 Å². The van der Waals surface area contributed by atoms with Crippen molar-refractivity contribution in [2.75, 3.05) is 19.5 Å². The lowest BCUT2D eigenvalue weighted by atomic mass is 10.1. The number of nitrogens with one attached hydrogen (secondary N) is 1. The van der Waals surface area contributed by atoms with E-state index in [1.807, 2.05) is 6.07 Å². The van der Waals surface area contributed by atoms with Crippen molar-refractivity contribution in [2.24, 2.45) is 0 Å². The van der Waals surface area contributed by atoms with E-state index >= 15 is 0 Å². The van der Waals surface area contributed by atoms with Crippen molar-refractivity contribution in [3.63, 3.8) is 0 Å². The third-order valence-electron chi connectivity index (χ3n) is 4.27. The highest BCUT2D eigenvalue weighted by molar-refractivity contribution is 5.98. The maximum atomic E-state index is 12.3. The van der Waals surface area contributed by atoms with E-state index in [9.17, 15) is 9.59 Å². The van der Waals surface area contributed by atoms with Crippen LogP contribution in [0.3, 0.4) is 0 Å². The Hall–Kier alpha value is -3.22. The molecule has 0 saturated carbocycles. The molecule has 0 fully saturated rings. The van der Waals surface area contributed by atoms with Gasteiger partial charge in [0.2, 0.25) is 6.23 Å². The molecule has 7 nitrogen and oxygen atoms in total. The van der Waals surface area contributed by atoms with E-state index in [0.29, 0.717) is 28.2 Å². The van der Waals surface area contributed by atoms with Crippen molar-refractivity contribution in [3.05, 3.63) is 52.6 Å². The normalized spacial score (nSPS) is 17.4. The molecule has 2 heterocycles. The van der Waals surface area contributed by atoms with Crippen LogP contribution in [0.1, 0.15) is 38.1 Å². The number of esters is 2. The van der Waals surface area contributed by atoms with Crippen LogP contribution >= 0.6 is 0 Å². The highest BCUT2D eigenvalue weighted by atomic mass is 16.6. The monoisotopic (exact) mass is 341 g/mol. The third-order valence-corrected chi connectivity index (χ3v) is 4.27. The summed E-state index contributed by atoms with van der Waals surface area (Å²) in [4.78, 5) is 23.8. The van der Waals surface area contributed by atoms with Crippen molar-refractivity contribution < 1.29 is 28.5 Å². The Morgan fingerprint density at radius 2 is 1.92 bits per heavy atom. The van der Waals surface area contributed by atoms with Crippen molar-refractivity contribution >= 4 is 17.6 Å². The Balaban J connectivity index is 1.67. The summed E-state index contributed by atoms with van der Waals surface area (Å²) in [6.07, 6.45) is -0.654. The first-order valence-corrected chi connectivity index (χ1v) is 7.65. The first-order valence-electron chi connectivity index (χ1n) is 7.65. The highest BCUT2D eigenvalue weighted by Gasteiger charge is 2.36. The number of hydrogen-bond donors (Lipinski definition) is 1. The van der Waals surface area contributed by atoms with Crippen LogP contribution in [0.2, 0.25) is 0 Å². The lowest BCUT2D eigenvalue weighted by Gasteiger charge is -2.15. The molecule has 7 heteroatoms. The van der Waals surface area contributed by atoms with Gasteiger partial charge in [-0.05, 0) is 30.3 Å². The minimum atomic E-state index is -0.654. The van der Waals surface area contributed by atoms with Gasteiger partial charge in [-0.1, -0.05) is 0 Å². The molecule has 4 rings (SSSR count). The number of carbonyl (C=O) groups is 2. The average molecular weight is 341 g/mol. The van der Waals surface area contributed by atoms with E-state index in [1.165, 1.54) is 14.2 Å². The quantitative estimate of drug-likeness (QED) is 0.856. The molecule has 1 N–H and O–H groups in total. The summed E-state index contributed by atoms with van der Waals surface area (Å²) in [6.45, 7) is 0.246. The largest absolute Gasteiger partial charge is 0.493 e. The number of ether oxygens (including phenoxy) is 4. The zero-order valence-corrected chi connectivity index (χ0v) is 13.6. The zero-order valence-electron chi connectivity index (χ0n) is 13.6. The van der Waals surface area contributed by atoms with Crippen LogP contribution in [0.25, 0.3) is 0 Å². The molecule has 1 atom stereocenters. The molecular weight excluding hydrogens is 326 g/mol. The summed E-state index contributed by atoms with van der Waals surface area (Å²) < 4.78 is 21.0. The number of rotatable bonds is 4. The summed E-state index contributed by atoms with van der Waals surface area (Å²) in [5.41, 5.74) is 3.08. The van der Waals surface area contributed by atoms with E-state index in [4.69, 9.17) is 18.9 Å². The fourth-order valence-electron chi connectivity index (χ4n) is 3.08. The Morgan fingerprint density at radius 1 is 1.08 bits per heavy atom. The van der Waals surface area contributed by atoms with Gasteiger partial charge in [0.25, 0.3) is 0 Å². The summed E-state index contributed by atoms with van der Waals surface area (Å²) in [5.74, 6) is 0.00762. The maximum Gasteiger partial charge on any atom is 0.344 e. The second kappa shape index (κ2) is 5.70. The number of hydrogen-bond acceptors (Lipinski definition) is 7. The molecule has 128 valence electrons. The standard InChI is InChI=1S/C18H15NO6/c1-22-13-6-5-12-14(15(13)23-2)18(21)25-16(12)19-10-3-4-11-9(7-10)8-24-17(11)20/h3-7,16,19H,8H2,1-2H3/t16-/m0/s1. The summed E-state index contributed by atoms with van der Waals surface area (Å²) in [7, 11) is 2.98. The molecule has 2 aliphatic heterocycles. The molecule has 2 aliphatic rings. The topological polar surface area (TPSA) is 83.1 Å². The summed E-state index contributed by atoms with van der Waals surface area (Å²) in [5, 5.41) is 3.15. The predicted molar refractivity (Wildman–Crippen MR) is 86.9 cm³/mol. The first-order chi connectivity index (χ1) is 12.1. The van der Waals surface area contributed by atoms with Gasteiger partial charge >= 0.3 is 11.9 Å². The van der Waals surface area contributed by atoms with E-state index in [-0.39, 0.29) is 12.6 Å². The van der Waals surface area contributed by atoms with E-state index in [1.54, 1.807) is 24.3 Å². The smallest absolute Gasteiger partial charge is 0.344 e. The molecule has 0 saturated heterocycles. The van der Waals surface area contributed by atoms with Crippen LogP contribution in [0.15, 0.2) is 30.3 Å². The van der Waals surface area contributed by atoms with Gasteiger partial charge in [-0.3, -0.25) is 0 Å². The molecule has 0 aliphatic carbocycles. The van der Waals surface area contributed by atoms with Crippen LogP contribution in [0.4, 0.5) is 5.69 Å². The Morgan fingerprint density at radius 3 is 2.68 bits per heavy atom. The van der Waals surface area contributed by atoms with Crippen LogP contribution in [-0.2, 0) is 16.1 Å². The average Bonchev–Trinajstić information content (AvgIpc) is 3.14. The molecular formula is C18H15NO6. The SMILES string of the molecule is COc1ccc2c(c1OC)C(=O)O[C@@H]2Nc1ccc2c(c1)COC2=O. The minimum absolute atomic E-state index is 0.246. The molecule has 2 aromatic rings. The first kappa shape index (κ1) is 15.3. The number of cyclic esters (lactones) is 2. The summed E-state index contributed by atoms with van der Waals surface area (Å²) >= 11 is 0. The van der Waals surface area contributed by atoms with E-state index in [2.05, 4.69) is 5.32 Å². The second-order valence-corrected chi connectivity index (χ2v) is 5.64. The molecule has 0 radical (unpaired) electrons. The lowest BCUT2D eigenvalue weighted by molar-refractivity contribution is 0.0434. The molecule has 25 heavy (non-hydrogen) atoms. The number of carbonyl (C=O) groups excluding carboxylic acids is 2. The molecule has 0 unspecified atom stereocenters. The van der Waals surface area contributed by atoms with Gasteiger partial charge in [-0.25, -0.2) is 9.59 Å². The van der Waals surface area contributed by atoms with Gasteiger partial charge < -0.3 is 24.3 Å². The van der Waals surface area contributed by atoms with Crippen molar-refractivity contribution in [2.45, 2.75) is 12.8 Å². The van der Waals surface area contributed by atoms with Crippen LogP contribution in [0, 0.1) is 0 Å². The van der Waals surface area contributed by atoms with Crippen molar-refractivity contribution in [1.82, 2.24) is 0 Å². The highest BCUT2D eigenvalue weighted by Crippen LogP contribution is 2.42. The van der Waals surface area contributed by atoms with Crippen LogP contribution < -0.4 is 14.8 Å². The molecule has 2 aromatic carbocycles. The Bertz CT molecular complexity index is 891. The van der Waals surface area contributed by atoms with Gasteiger partial charge in [0.1, 0.15) is 12.2 Å². The fourth-order valence-corrected chi connectivity index (χ4v) is 3.08. The number of benzene rings is 2. The summed E-state index contributed by atoms with van der Waals surface area (Å²) in [6, 6.07) is 8.74. The Kier molecular flexibility index (Phi) is 3.49. The fraction of sp³-hybridized carbons (Fsp3) is 0.222. The minimum Gasteiger partial charge on any atom is -0.493 e.